The Morgan fingerprint density at radius 1 is 1.37 bits per heavy atom. The molecule has 1 unspecified atom stereocenters. The Labute approximate surface area is 114 Å². The molecule has 19 heavy (non-hydrogen) atoms. The zero-order valence-electron chi connectivity index (χ0n) is 12.0. The molecular weight excluding hydrogens is 238 g/mol. The lowest BCUT2D eigenvalue weighted by molar-refractivity contribution is 0.464. The first-order chi connectivity index (χ1) is 9.24. The second-order valence-corrected chi connectivity index (χ2v) is 5.09. The van der Waals surface area contributed by atoms with Gasteiger partial charge in [-0.25, -0.2) is 4.98 Å². The minimum absolute atomic E-state index is 0.573. The first kappa shape index (κ1) is 13.8. The van der Waals surface area contributed by atoms with Crippen LogP contribution in [0.25, 0.3) is 11.3 Å². The maximum Gasteiger partial charge on any atom is 0.0951 e. The Bertz CT molecular complexity index is 499. The lowest BCUT2D eigenvalue weighted by atomic mass is 10.1. The first-order valence-corrected chi connectivity index (χ1v) is 6.92. The quantitative estimate of drug-likeness (QED) is 0.829. The highest BCUT2D eigenvalue weighted by molar-refractivity contribution is 5.56. The lowest BCUT2D eigenvalue weighted by Crippen LogP contribution is -2.20. The van der Waals surface area contributed by atoms with Crippen molar-refractivity contribution in [1.82, 2.24) is 24.6 Å². The van der Waals surface area contributed by atoms with Crippen molar-refractivity contribution in [2.24, 2.45) is 5.92 Å². The predicted molar refractivity (Wildman–Crippen MR) is 76.8 cm³/mol. The summed E-state index contributed by atoms with van der Waals surface area (Å²) in [6.07, 6.45) is 8.93. The van der Waals surface area contributed by atoms with Crippen molar-refractivity contribution in [3.8, 4) is 11.3 Å². The molecule has 2 aromatic heterocycles. The molecule has 0 aliphatic heterocycles. The van der Waals surface area contributed by atoms with Crippen LogP contribution in [0.5, 0.6) is 0 Å². The van der Waals surface area contributed by atoms with Crippen molar-refractivity contribution < 1.29 is 0 Å². The highest BCUT2D eigenvalue weighted by Gasteiger charge is 2.10. The van der Waals surface area contributed by atoms with Crippen molar-refractivity contribution in [3.05, 3.63) is 24.9 Å². The monoisotopic (exact) mass is 261 g/mol. The molecule has 104 valence electrons. The van der Waals surface area contributed by atoms with E-state index in [2.05, 4.69) is 40.0 Å². The minimum Gasteiger partial charge on any atom is -0.330 e. The Kier molecular flexibility index (Phi) is 4.74. The number of rotatable bonds is 7. The molecule has 1 N–H and O–H groups in total. The van der Waals surface area contributed by atoms with Crippen LogP contribution in [0.15, 0.2) is 24.9 Å². The van der Waals surface area contributed by atoms with E-state index < -0.39 is 0 Å². The Morgan fingerprint density at radius 2 is 2.21 bits per heavy atom. The van der Waals surface area contributed by atoms with Gasteiger partial charge in [-0.05, 0) is 25.9 Å². The molecule has 1 atom stereocenters. The normalized spacial score (nSPS) is 12.8. The van der Waals surface area contributed by atoms with Gasteiger partial charge in [0.2, 0.25) is 0 Å². The Morgan fingerprint density at radius 3 is 2.95 bits per heavy atom. The van der Waals surface area contributed by atoms with E-state index in [1.54, 1.807) is 0 Å². The van der Waals surface area contributed by atoms with Gasteiger partial charge in [-0.1, -0.05) is 13.8 Å². The van der Waals surface area contributed by atoms with Crippen LogP contribution in [0, 0.1) is 5.92 Å². The van der Waals surface area contributed by atoms with Crippen LogP contribution in [0.3, 0.4) is 0 Å². The van der Waals surface area contributed by atoms with Crippen LogP contribution in [0.2, 0.25) is 0 Å². The van der Waals surface area contributed by atoms with E-state index in [9.17, 15) is 0 Å². The molecule has 0 aliphatic rings. The lowest BCUT2D eigenvalue weighted by Gasteiger charge is -2.13. The van der Waals surface area contributed by atoms with Gasteiger partial charge >= 0.3 is 0 Å². The molecule has 0 aromatic carbocycles. The summed E-state index contributed by atoms with van der Waals surface area (Å²) < 4.78 is 4.19. The highest BCUT2D eigenvalue weighted by Crippen LogP contribution is 2.19. The van der Waals surface area contributed by atoms with E-state index in [0.29, 0.717) is 5.92 Å². The van der Waals surface area contributed by atoms with Crippen molar-refractivity contribution in [2.45, 2.75) is 33.4 Å². The van der Waals surface area contributed by atoms with Crippen molar-refractivity contribution >= 4 is 0 Å². The zero-order valence-corrected chi connectivity index (χ0v) is 12.0. The van der Waals surface area contributed by atoms with Crippen LogP contribution in [0.1, 0.15) is 20.3 Å². The van der Waals surface area contributed by atoms with Crippen LogP contribution in [-0.4, -0.2) is 32.9 Å². The van der Waals surface area contributed by atoms with Gasteiger partial charge in [0.25, 0.3) is 0 Å². The number of imidazole rings is 1. The van der Waals surface area contributed by atoms with Gasteiger partial charge in [0, 0.05) is 24.8 Å². The summed E-state index contributed by atoms with van der Waals surface area (Å²) in [5.74, 6) is 0.573. The van der Waals surface area contributed by atoms with Gasteiger partial charge in [-0.2, -0.15) is 5.10 Å². The molecule has 5 heteroatoms. The maximum atomic E-state index is 4.38. The van der Waals surface area contributed by atoms with Gasteiger partial charge < -0.3 is 9.88 Å². The van der Waals surface area contributed by atoms with E-state index in [1.807, 2.05) is 30.5 Å². The molecule has 2 aromatic rings. The number of hydrogen-bond acceptors (Lipinski definition) is 3. The molecule has 2 rings (SSSR count). The fourth-order valence-corrected chi connectivity index (χ4v) is 2.30. The topological polar surface area (TPSA) is 47.7 Å². The maximum absolute atomic E-state index is 4.38. The molecule has 0 fully saturated rings. The van der Waals surface area contributed by atoms with Gasteiger partial charge in [-0.3, -0.25) is 4.68 Å². The van der Waals surface area contributed by atoms with Gasteiger partial charge in [0.1, 0.15) is 0 Å². The summed E-state index contributed by atoms with van der Waals surface area (Å²) in [5, 5.41) is 7.59. The third kappa shape index (κ3) is 3.44. The van der Waals surface area contributed by atoms with Gasteiger partial charge in [0.05, 0.1) is 24.4 Å². The number of aromatic nitrogens is 4. The van der Waals surface area contributed by atoms with Crippen molar-refractivity contribution in [2.75, 3.05) is 13.6 Å². The third-order valence-electron chi connectivity index (χ3n) is 3.15. The summed E-state index contributed by atoms with van der Waals surface area (Å²) in [6, 6.07) is 0. The summed E-state index contributed by atoms with van der Waals surface area (Å²) in [4.78, 5) is 4.27. The summed E-state index contributed by atoms with van der Waals surface area (Å²) in [5.41, 5.74) is 2.29. The fourth-order valence-electron chi connectivity index (χ4n) is 2.30. The molecule has 5 nitrogen and oxygen atoms in total. The summed E-state index contributed by atoms with van der Waals surface area (Å²) in [6.45, 7) is 7.33. The fraction of sp³-hybridized carbons (Fsp3) is 0.571. The predicted octanol–water partition coefficient (Wildman–Crippen LogP) is 2.01. The van der Waals surface area contributed by atoms with E-state index in [-0.39, 0.29) is 0 Å². The van der Waals surface area contributed by atoms with Crippen LogP contribution < -0.4 is 5.32 Å². The van der Waals surface area contributed by atoms with E-state index in [0.717, 1.165) is 37.3 Å². The molecule has 0 saturated heterocycles. The molecule has 2 heterocycles. The summed E-state index contributed by atoms with van der Waals surface area (Å²) in [7, 11) is 1.99. The molecule has 0 amide bonds. The number of hydrogen-bond donors (Lipinski definition) is 1. The molecule has 0 spiro atoms. The van der Waals surface area contributed by atoms with Crippen LogP contribution in [-0.2, 0) is 13.1 Å². The van der Waals surface area contributed by atoms with Crippen molar-refractivity contribution in [1.29, 1.82) is 0 Å². The molecule has 0 aliphatic carbocycles. The van der Waals surface area contributed by atoms with E-state index >= 15 is 0 Å². The summed E-state index contributed by atoms with van der Waals surface area (Å²) >= 11 is 0. The molecule has 0 bridgehead atoms. The smallest absolute Gasteiger partial charge is 0.0951 e. The SMILES string of the molecule is CCCn1cc(-c2cncn2CC(C)CNC)cn1. The van der Waals surface area contributed by atoms with E-state index in [4.69, 9.17) is 0 Å². The third-order valence-corrected chi connectivity index (χ3v) is 3.15. The zero-order chi connectivity index (χ0) is 13.7. The van der Waals surface area contributed by atoms with E-state index in [1.165, 1.54) is 0 Å². The molecular formula is C14H23N5. The second-order valence-electron chi connectivity index (χ2n) is 5.09. The Balaban J connectivity index is 2.13. The molecule has 0 saturated carbocycles. The van der Waals surface area contributed by atoms with Crippen LogP contribution >= 0.6 is 0 Å². The van der Waals surface area contributed by atoms with Crippen LogP contribution in [0.4, 0.5) is 0 Å². The average molecular weight is 261 g/mol. The Hall–Kier alpha value is -1.62. The van der Waals surface area contributed by atoms with Crippen molar-refractivity contribution in [3.63, 3.8) is 0 Å². The number of nitrogens with one attached hydrogen (secondary N) is 1. The molecule has 0 radical (unpaired) electrons. The van der Waals surface area contributed by atoms with Gasteiger partial charge in [0.15, 0.2) is 0 Å². The number of aryl methyl sites for hydroxylation is 1. The van der Waals surface area contributed by atoms with Gasteiger partial charge in [-0.15, -0.1) is 0 Å². The number of nitrogens with zero attached hydrogens (tertiary/aromatic N) is 4. The second kappa shape index (κ2) is 6.52. The minimum atomic E-state index is 0.573. The highest BCUT2D eigenvalue weighted by atomic mass is 15.3. The largest absolute Gasteiger partial charge is 0.330 e. The standard InChI is InChI=1S/C14H23N5/c1-4-5-19-10-13(7-17-19)14-8-16-11-18(14)9-12(2)6-15-3/h7-8,10-12,15H,4-6,9H2,1-3H3. The average Bonchev–Trinajstić information content (AvgIpc) is 2.98. The first-order valence-electron chi connectivity index (χ1n) is 6.92.